The molecule has 1 amide bonds. The van der Waals surface area contributed by atoms with E-state index in [0.29, 0.717) is 17.5 Å². The Morgan fingerprint density at radius 3 is 2.85 bits per heavy atom. The number of fused-ring (bicyclic) bond motifs is 1. The molecule has 1 saturated carbocycles. The van der Waals surface area contributed by atoms with E-state index in [2.05, 4.69) is 26.9 Å². The summed E-state index contributed by atoms with van der Waals surface area (Å²) in [6.07, 6.45) is 8.94. The van der Waals surface area contributed by atoms with Crippen molar-refractivity contribution in [2.24, 2.45) is 4.99 Å². The molecule has 2 heterocycles. The predicted octanol–water partition coefficient (Wildman–Crippen LogP) is 1.47. The molecule has 5 nitrogen and oxygen atoms in total. The summed E-state index contributed by atoms with van der Waals surface area (Å²) in [5, 5.41) is 0. The van der Waals surface area contributed by atoms with Crippen LogP contribution in [-0.2, 0) is 17.6 Å². The normalized spacial score (nSPS) is 25.7. The van der Waals surface area contributed by atoms with E-state index in [-0.39, 0.29) is 5.91 Å². The zero-order valence-corrected chi connectivity index (χ0v) is 11.3. The van der Waals surface area contributed by atoms with E-state index >= 15 is 0 Å². The van der Waals surface area contributed by atoms with Crippen LogP contribution >= 0.6 is 0 Å². The first-order valence-electron chi connectivity index (χ1n) is 7.36. The number of amides is 1. The summed E-state index contributed by atoms with van der Waals surface area (Å²) in [7, 11) is 0. The molecule has 0 unspecified atom stereocenters. The van der Waals surface area contributed by atoms with Crippen molar-refractivity contribution in [3.63, 3.8) is 0 Å². The number of nitrogens with one attached hydrogen (secondary N) is 3. The lowest BCUT2D eigenvalue weighted by molar-refractivity contribution is -0.116. The molecular weight excluding hydrogens is 252 g/mol. The van der Waals surface area contributed by atoms with Crippen molar-refractivity contribution in [1.29, 1.82) is 0 Å². The molecule has 5 heteroatoms. The first-order valence-corrected chi connectivity index (χ1v) is 7.36. The summed E-state index contributed by atoms with van der Waals surface area (Å²) in [6.45, 7) is 0. The van der Waals surface area contributed by atoms with E-state index in [1.807, 2.05) is 6.08 Å². The van der Waals surface area contributed by atoms with E-state index < -0.39 is 0 Å². The van der Waals surface area contributed by atoms with Crippen LogP contribution in [0.25, 0.3) is 6.08 Å². The molecule has 4 rings (SSSR count). The van der Waals surface area contributed by atoms with E-state index in [1.54, 1.807) is 0 Å². The Morgan fingerprint density at radius 1 is 1.20 bits per heavy atom. The Hall–Kier alpha value is -2.04. The zero-order valence-electron chi connectivity index (χ0n) is 11.3. The topological polar surface area (TPSA) is 69.3 Å². The summed E-state index contributed by atoms with van der Waals surface area (Å²) in [5.41, 5.74) is 9.88. The highest BCUT2D eigenvalue weighted by molar-refractivity contribution is 6.27. The van der Waals surface area contributed by atoms with Gasteiger partial charge in [-0.05, 0) is 56.2 Å². The van der Waals surface area contributed by atoms with Gasteiger partial charge in [-0.1, -0.05) is 0 Å². The minimum atomic E-state index is -0.100. The largest absolute Gasteiger partial charge is 0.359 e. The van der Waals surface area contributed by atoms with Crippen LogP contribution in [0, 0.1) is 0 Å². The minimum Gasteiger partial charge on any atom is -0.359 e. The highest BCUT2D eigenvalue weighted by Crippen LogP contribution is 2.26. The summed E-state index contributed by atoms with van der Waals surface area (Å²) >= 11 is 0. The van der Waals surface area contributed by atoms with Crippen molar-refractivity contribution < 1.29 is 4.79 Å². The fourth-order valence-corrected chi connectivity index (χ4v) is 2.84. The second-order valence-corrected chi connectivity index (χ2v) is 5.78. The lowest BCUT2D eigenvalue weighted by Gasteiger charge is -2.08. The van der Waals surface area contributed by atoms with E-state index in [0.717, 1.165) is 31.4 Å². The molecular formula is C15H18N4O. The van der Waals surface area contributed by atoms with E-state index in [4.69, 9.17) is 0 Å². The standard InChI is InChI=1S/C15H18N4O/c20-15-12(14(18-19-15)17-10-5-6-10)8-11-7-9-3-1-2-4-13(9)16-11/h7-8,10,16H,1-6H2,(H,17,18)(H,19,20). The SMILES string of the molecule is O=C1NNC(=NC2CC2)C1=Cc1cc2c([nH]1)CCCC2. The number of aliphatic imine (C=N–C) groups is 1. The fourth-order valence-electron chi connectivity index (χ4n) is 2.84. The van der Waals surface area contributed by atoms with Crippen molar-refractivity contribution in [1.82, 2.24) is 15.8 Å². The number of H-pyrrole nitrogens is 1. The molecule has 0 bridgehead atoms. The first kappa shape index (κ1) is 11.8. The van der Waals surface area contributed by atoms with Crippen LogP contribution in [0.4, 0.5) is 0 Å². The third kappa shape index (κ3) is 2.13. The van der Waals surface area contributed by atoms with Gasteiger partial charge >= 0.3 is 0 Å². The monoisotopic (exact) mass is 270 g/mol. The highest BCUT2D eigenvalue weighted by atomic mass is 16.2. The molecule has 1 aromatic heterocycles. The van der Waals surface area contributed by atoms with Gasteiger partial charge in [0.25, 0.3) is 5.91 Å². The first-order chi connectivity index (χ1) is 9.79. The number of hydrazine groups is 1. The lowest BCUT2D eigenvalue weighted by Crippen LogP contribution is -2.28. The summed E-state index contributed by atoms with van der Waals surface area (Å²) in [5.74, 6) is 0.585. The van der Waals surface area contributed by atoms with E-state index in [9.17, 15) is 4.79 Å². The van der Waals surface area contributed by atoms with Crippen LogP contribution < -0.4 is 10.9 Å². The molecule has 3 aliphatic rings. The van der Waals surface area contributed by atoms with Crippen molar-refractivity contribution in [3.05, 3.63) is 28.6 Å². The smallest absolute Gasteiger partial charge is 0.273 e. The molecule has 1 saturated heterocycles. The number of aromatic nitrogens is 1. The van der Waals surface area contributed by atoms with E-state index in [1.165, 1.54) is 24.1 Å². The third-order valence-corrected chi connectivity index (χ3v) is 4.09. The van der Waals surface area contributed by atoms with Crippen molar-refractivity contribution in [2.45, 2.75) is 44.6 Å². The van der Waals surface area contributed by atoms with Crippen LogP contribution in [0.5, 0.6) is 0 Å². The number of aromatic amines is 1. The number of hydrogen-bond donors (Lipinski definition) is 3. The summed E-state index contributed by atoms with van der Waals surface area (Å²) in [4.78, 5) is 19.9. The van der Waals surface area contributed by atoms with Gasteiger partial charge in [-0.15, -0.1) is 0 Å². The Morgan fingerprint density at radius 2 is 2.05 bits per heavy atom. The number of hydrogen-bond acceptors (Lipinski definition) is 2. The number of aryl methyl sites for hydroxylation is 2. The van der Waals surface area contributed by atoms with Crippen LogP contribution in [-0.4, -0.2) is 22.8 Å². The number of carbonyl (C=O) groups excluding carboxylic acids is 1. The van der Waals surface area contributed by atoms with Crippen LogP contribution in [0.3, 0.4) is 0 Å². The molecule has 0 atom stereocenters. The predicted molar refractivity (Wildman–Crippen MR) is 77.1 cm³/mol. The van der Waals surface area contributed by atoms with Crippen LogP contribution in [0.1, 0.15) is 42.6 Å². The molecule has 1 aromatic rings. The Bertz CT molecular complexity index is 598. The highest BCUT2D eigenvalue weighted by Gasteiger charge is 2.28. The van der Waals surface area contributed by atoms with Gasteiger partial charge in [-0.2, -0.15) is 0 Å². The maximum absolute atomic E-state index is 11.9. The van der Waals surface area contributed by atoms with Gasteiger partial charge in [-0.25, -0.2) is 0 Å². The van der Waals surface area contributed by atoms with Crippen LogP contribution in [0.2, 0.25) is 0 Å². The fraction of sp³-hybridized carbons (Fsp3) is 0.467. The van der Waals surface area contributed by atoms with Crippen molar-refractivity contribution in [3.8, 4) is 0 Å². The molecule has 0 aromatic carbocycles. The van der Waals surface area contributed by atoms with Crippen molar-refractivity contribution >= 4 is 17.8 Å². The number of carbonyl (C=O) groups is 1. The molecule has 104 valence electrons. The van der Waals surface area contributed by atoms with Crippen LogP contribution in [0.15, 0.2) is 16.6 Å². The lowest BCUT2D eigenvalue weighted by atomic mass is 9.98. The van der Waals surface area contributed by atoms with Gasteiger partial charge in [0, 0.05) is 11.4 Å². The second kappa shape index (κ2) is 4.51. The second-order valence-electron chi connectivity index (χ2n) is 5.78. The maximum Gasteiger partial charge on any atom is 0.273 e. The van der Waals surface area contributed by atoms with Gasteiger partial charge in [0.15, 0.2) is 5.84 Å². The molecule has 2 aliphatic carbocycles. The number of amidine groups is 1. The summed E-state index contributed by atoms with van der Waals surface area (Å²) in [6, 6.07) is 2.56. The van der Waals surface area contributed by atoms with Gasteiger partial charge in [0.1, 0.15) is 0 Å². The molecule has 0 radical (unpaired) electrons. The third-order valence-electron chi connectivity index (χ3n) is 4.09. The van der Waals surface area contributed by atoms with Gasteiger partial charge < -0.3 is 4.98 Å². The summed E-state index contributed by atoms with van der Waals surface area (Å²) < 4.78 is 0. The minimum absolute atomic E-state index is 0.100. The quantitative estimate of drug-likeness (QED) is 0.712. The Kier molecular flexibility index (Phi) is 2.65. The Balaban J connectivity index is 1.66. The Labute approximate surface area is 117 Å². The maximum atomic E-state index is 11.9. The molecule has 2 fully saturated rings. The van der Waals surface area contributed by atoms with Gasteiger partial charge in [0.2, 0.25) is 0 Å². The van der Waals surface area contributed by atoms with Gasteiger partial charge in [0.05, 0.1) is 11.6 Å². The molecule has 0 spiro atoms. The van der Waals surface area contributed by atoms with Crippen molar-refractivity contribution in [2.75, 3.05) is 0 Å². The number of nitrogens with zero attached hydrogens (tertiary/aromatic N) is 1. The molecule has 20 heavy (non-hydrogen) atoms. The molecule has 3 N–H and O–H groups in total. The zero-order chi connectivity index (χ0) is 13.5. The number of rotatable bonds is 2. The molecule has 1 aliphatic heterocycles. The van der Waals surface area contributed by atoms with Gasteiger partial charge in [-0.3, -0.25) is 20.6 Å². The average Bonchev–Trinajstić information content (AvgIpc) is 3.07. The average molecular weight is 270 g/mol.